The van der Waals surface area contributed by atoms with Gasteiger partial charge in [-0.3, -0.25) is 0 Å². The smallest absolute Gasteiger partial charge is 0.399 e. The normalized spacial score (nSPS) is 11.4. The molecular weight excluding hydrogens is 337 g/mol. The van der Waals surface area contributed by atoms with Crippen molar-refractivity contribution < 1.29 is 32.1 Å². The van der Waals surface area contributed by atoms with E-state index >= 15 is 0 Å². The van der Waals surface area contributed by atoms with E-state index in [9.17, 15) is 13.2 Å². The summed E-state index contributed by atoms with van der Waals surface area (Å²) >= 11 is 0. The zero-order valence-electron chi connectivity index (χ0n) is 14.3. The highest BCUT2D eigenvalue weighted by Gasteiger charge is 2.42. The Morgan fingerprint density at radius 1 is 0.640 bits per heavy atom. The predicted octanol–water partition coefficient (Wildman–Crippen LogP) is 4.42. The molecule has 2 aromatic carbocycles. The van der Waals surface area contributed by atoms with Crippen LogP contribution < -0.4 is 18.9 Å². The molecule has 0 bridgehead atoms. The Hall–Kier alpha value is -2.57. The van der Waals surface area contributed by atoms with E-state index in [4.69, 9.17) is 18.9 Å². The maximum absolute atomic E-state index is 13.8. The summed E-state index contributed by atoms with van der Waals surface area (Å²) in [6.07, 6.45) is -4.50. The molecule has 136 valence electrons. The predicted molar refractivity (Wildman–Crippen MR) is 87.0 cm³/mol. The standard InChI is InChI=1S/C18H19F3O4/c1-22-13-7-5-11(9-15(13)24-3)17(18(19,20)21)12-6-8-14(23-2)16(10-12)25-4/h5-10,17H,1-4H3. The van der Waals surface area contributed by atoms with Crippen molar-refractivity contribution >= 4 is 0 Å². The van der Waals surface area contributed by atoms with Crippen LogP contribution in [-0.4, -0.2) is 34.6 Å². The van der Waals surface area contributed by atoms with Crippen molar-refractivity contribution in [2.24, 2.45) is 0 Å². The summed E-state index contributed by atoms with van der Waals surface area (Å²) < 4.78 is 61.8. The molecular formula is C18H19F3O4. The fourth-order valence-corrected chi connectivity index (χ4v) is 2.64. The first-order chi connectivity index (χ1) is 11.8. The van der Waals surface area contributed by atoms with E-state index in [0.29, 0.717) is 11.5 Å². The summed E-state index contributed by atoms with van der Waals surface area (Å²) in [5.41, 5.74) is 0.0785. The molecule has 0 aromatic heterocycles. The third-order valence-corrected chi connectivity index (χ3v) is 3.81. The molecule has 4 nitrogen and oxygen atoms in total. The number of hydrogen-bond donors (Lipinski definition) is 0. The van der Waals surface area contributed by atoms with Crippen LogP contribution in [0.4, 0.5) is 13.2 Å². The second-order valence-electron chi connectivity index (χ2n) is 5.20. The largest absolute Gasteiger partial charge is 0.493 e. The Kier molecular flexibility index (Phi) is 5.66. The molecule has 0 unspecified atom stereocenters. The van der Waals surface area contributed by atoms with Crippen molar-refractivity contribution in [1.29, 1.82) is 0 Å². The van der Waals surface area contributed by atoms with Crippen molar-refractivity contribution in [3.8, 4) is 23.0 Å². The van der Waals surface area contributed by atoms with E-state index in [-0.39, 0.29) is 22.6 Å². The van der Waals surface area contributed by atoms with E-state index in [1.807, 2.05) is 0 Å². The van der Waals surface area contributed by atoms with Gasteiger partial charge in [0.05, 0.1) is 28.4 Å². The molecule has 7 heteroatoms. The van der Waals surface area contributed by atoms with Crippen molar-refractivity contribution in [2.45, 2.75) is 12.1 Å². The zero-order chi connectivity index (χ0) is 18.6. The molecule has 0 spiro atoms. The average Bonchev–Trinajstić information content (AvgIpc) is 2.60. The van der Waals surface area contributed by atoms with Gasteiger partial charge in [0.2, 0.25) is 0 Å². The van der Waals surface area contributed by atoms with Crippen molar-refractivity contribution in [1.82, 2.24) is 0 Å². The van der Waals surface area contributed by atoms with E-state index in [2.05, 4.69) is 0 Å². The van der Waals surface area contributed by atoms with Gasteiger partial charge in [-0.25, -0.2) is 0 Å². The van der Waals surface area contributed by atoms with Gasteiger partial charge in [-0.2, -0.15) is 13.2 Å². The van der Waals surface area contributed by atoms with Gasteiger partial charge in [0.25, 0.3) is 0 Å². The van der Waals surface area contributed by atoms with Gasteiger partial charge in [0, 0.05) is 0 Å². The van der Waals surface area contributed by atoms with Gasteiger partial charge >= 0.3 is 6.18 Å². The molecule has 0 aliphatic heterocycles. The lowest BCUT2D eigenvalue weighted by atomic mass is 9.90. The quantitative estimate of drug-likeness (QED) is 0.768. The van der Waals surface area contributed by atoms with Crippen LogP contribution in [0.1, 0.15) is 17.0 Å². The molecule has 0 fully saturated rings. The minimum absolute atomic E-state index is 0.0392. The van der Waals surface area contributed by atoms with Crippen LogP contribution in [0.5, 0.6) is 23.0 Å². The second-order valence-corrected chi connectivity index (χ2v) is 5.20. The molecule has 0 heterocycles. The van der Waals surface area contributed by atoms with Crippen LogP contribution in [-0.2, 0) is 0 Å². The van der Waals surface area contributed by atoms with E-state index in [1.165, 1.54) is 64.8 Å². The van der Waals surface area contributed by atoms with Crippen LogP contribution in [0.15, 0.2) is 36.4 Å². The summed E-state index contributed by atoms with van der Waals surface area (Å²) in [7, 11) is 5.60. The fraction of sp³-hybridized carbons (Fsp3) is 0.333. The Balaban J connectivity index is 2.58. The summed E-state index contributed by atoms with van der Waals surface area (Å²) in [5.74, 6) is -0.657. The Morgan fingerprint density at radius 3 is 1.28 bits per heavy atom. The molecule has 0 aliphatic rings. The number of halogens is 3. The highest BCUT2D eigenvalue weighted by atomic mass is 19.4. The number of alkyl halides is 3. The molecule has 2 rings (SSSR count). The first-order valence-electron chi connectivity index (χ1n) is 7.36. The SMILES string of the molecule is COc1ccc(C(c2ccc(OC)c(OC)c2)C(F)(F)F)cc1OC. The summed E-state index contributed by atoms with van der Waals surface area (Å²) in [4.78, 5) is 0. The number of rotatable bonds is 6. The number of methoxy groups -OCH3 is 4. The molecule has 25 heavy (non-hydrogen) atoms. The summed E-state index contributed by atoms with van der Waals surface area (Å²) in [6, 6.07) is 8.30. The van der Waals surface area contributed by atoms with Crippen LogP contribution in [0.2, 0.25) is 0 Å². The molecule has 0 saturated heterocycles. The van der Waals surface area contributed by atoms with Gasteiger partial charge in [0.15, 0.2) is 23.0 Å². The van der Waals surface area contributed by atoms with Gasteiger partial charge < -0.3 is 18.9 Å². The van der Waals surface area contributed by atoms with Crippen LogP contribution in [0, 0.1) is 0 Å². The van der Waals surface area contributed by atoms with Gasteiger partial charge in [0.1, 0.15) is 5.92 Å². The molecule has 0 aliphatic carbocycles. The summed E-state index contributed by atoms with van der Waals surface area (Å²) in [6.45, 7) is 0. The van der Waals surface area contributed by atoms with Crippen LogP contribution >= 0.6 is 0 Å². The lowest BCUT2D eigenvalue weighted by molar-refractivity contribution is -0.141. The number of ether oxygens (including phenoxy) is 4. The second kappa shape index (κ2) is 7.55. The van der Waals surface area contributed by atoms with Crippen molar-refractivity contribution in [2.75, 3.05) is 28.4 Å². The van der Waals surface area contributed by atoms with E-state index in [1.54, 1.807) is 0 Å². The molecule has 2 aromatic rings. The molecule has 0 amide bonds. The van der Waals surface area contributed by atoms with Gasteiger partial charge in [-0.15, -0.1) is 0 Å². The van der Waals surface area contributed by atoms with Crippen molar-refractivity contribution in [3.05, 3.63) is 47.5 Å². The highest BCUT2D eigenvalue weighted by Crippen LogP contribution is 2.44. The minimum Gasteiger partial charge on any atom is -0.493 e. The Labute approximate surface area is 144 Å². The Bertz CT molecular complexity index is 673. The lowest BCUT2D eigenvalue weighted by Crippen LogP contribution is -2.22. The molecule has 0 radical (unpaired) electrons. The first-order valence-corrected chi connectivity index (χ1v) is 7.36. The molecule has 0 saturated carbocycles. The maximum Gasteiger partial charge on any atom is 0.399 e. The van der Waals surface area contributed by atoms with Crippen LogP contribution in [0.25, 0.3) is 0 Å². The fourth-order valence-electron chi connectivity index (χ4n) is 2.64. The zero-order valence-corrected chi connectivity index (χ0v) is 14.3. The van der Waals surface area contributed by atoms with Crippen molar-refractivity contribution in [3.63, 3.8) is 0 Å². The highest BCUT2D eigenvalue weighted by molar-refractivity contribution is 5.50. The van der Waals surface area contributed by atoms with Gasteiger partial charge in [-0.05, 0) is 35.4 Å². The first kappa shape index (κ1) is 18.8. The minimum atomic E-state index is -4.50. The number of hydrogen-bond acceptors (Lipinski definition) is 4. The van der Waals surface area contributed by atoms with Crippen LogP contribution in [0.3, 0.4) is 0 Å². The average molecular weight is 356 g/mol. The van der Waals surface area contributed by atoms with E-state index < -0.39 is 12.1 Å². The Morgan fingerprint density at radius 2 is 1.00 bits per heavy atom. The molecule has 0 atom stereocenters. The third-order valence-electron chi connectivity index (χ3n) is 3.81. The summed E-state index contributed by atoms with van der Waals surface area (Å²) in [5, 5.41) is 0. The monoisotopic (exact) mass is 356 g/mol. The maximum atomic E-state index is 13.8. The van der Waals surface area contributed by atoms with Gasteiger partial charge in [-0.1, -0.05) is 12.1 Å². The lowest BCUT2D eigenvalue weighted by Gasteiger charge is -2.23. The number of benzene rings is 2. The van der Waals surface area contributed by atoms with E-state index in [0.717, 1.165) is 0 Å². The molecule has 0 N–H and O–H groups in total. The third kappa shape index (κ3) is 3.92. The topological polar surface area (TPSA) is 36.9 Å².